The average molecular weight is 114 g/mol. The molecule has 0 fully saturated rings. The molecule has 0 atom stereocenters. The standard InChI is InChI=1S/C3H3FN4/c4-3-7-2(5)1-6-8-3/h1H,(H2,5,7,8). The van der Waals surface area contributed by atoms with Crippen LogP contribution < -0.4 is 5.73 Å². The molecule has 0 aliphatic heterocycles. The van der Waals surface area contributed by atoms with Crippen LogP contribution in [0.3, 0.4) is 0 Å². The highest BCUT2D eigenvalue weighted by molar-refractivity contribution is 5.19. The van der Waals surface area contributed by atoms with Crippen molar-refractivity contribution in [3.63, 3.8) is 0 Å². The quantitative estimate of drug-likeness (QED) is 0.498. The summed E-state index contributed by atoms with van der Waals surface area (Å²) in [6.45, 7) is 0. The van der Waals surface area contributed by atoms with E-state index in [9.17, 15) is 4.39 Å². The van der Waals surface area contributed by atoms with E-state index in [1.54, 1.807) is 0 Å². The number of anilines is 1. The molecule has 0 spiro atoms. The van der Waals surface area contributed by atoms with E-state index in [2.05, 4.69) is 15.2 Å². The van der Waals surface area contributed by atoms with Gasteiger partial charge in [0.1, 0.15) is 5.82 Å². The van der Waals surface area contributed by atoms with Crippen LogP contribution in [0, 0.1) is 6.08 Å². The molecule has 1 aromatic rings. The van der Waals surface area contributed by atoms with Crippen LogP contribution >= 0.6 is 0 Å². The molecule has 1 aromatic heterocycles. The number of rotatable bonds is 0. The Kier molecular flexibility index (Phi) is 1.03. The minimum atomic E-state index is -0.898. The second-order valence-corrected chi connectivity index (χ2v) is 1.15. The van der Waals surface area contributed by atoms with Crippen LogP contribution in [0.1, 0.15) is 0 Å². The minimum Gasteiger partial charge on any atom is -0.382 e. The van der Waals surface area contributed by atoms with E-state index in [4.69, 9.17) is 5.73 Å². The molecule has 0 saturated heterocycles. The van der Waals surface area contributed by atoms with Crippen LogP contribution in [-0.2, 0) is 0 Å². The Morgan fingerprint density at radius 2 is 2.38 bits per heavy atom. The molecule has 0 aliphatic carbocycles. The Labute approximate surface area is 44.6 Å². The van der Waals surface area contributed by atoms with Gasteiger partial charge in [-0.2, -0.15) is 14.5 Å². The Balaban J connectivity index is 3.08. The largest absolute Gasteiger partial charge is 0.382 e. The highest BCUT2D eigenvalue weighted by Crippen LogP contribution is 1.88. The zero-order valence-electron chi connectivity index (χ0n) is 3.87. The molecule has 1 rings (SSSR count). The van der Waals surface area contributed by atoms with Crippen LogP contribution in [-0.4, -0.2) is 15.2 Å². The summed E-state index contributed by atoms with van der Waals surface area (Å²) in [7, 11) is 0. The fourth-order valence-electron chi connectivity index (χ4n) is 0.293. The van der Waals surface area contributed by atoms with Crippen LogP contribution in [0.2, 0.25) is 0 Å². The SMILES string of the molecule is Nc1cnnc(F)n1. The minimum absolute atomic E-state index is 0.0394. The summed E-state index contributed by atoms with van der Waals surface area (Å²) >= 11 is 0. The van der Waals surface area contributed by atoms with Crippen LogP contribution in [0.15, 0.2) is 6.20 Å². The van der Waals surface area contributed by atoms with Gasteiger partial charge in [0.2, 0.25) is 0 Å². The van der Waals surface area contributed by atoms with Gasteiger partial charge in [-0.1, -0.05) is 5.10 Å². The Morgan fingerprint density at radius 1 is 1.62 bits per heavy atom. The van der Waals surface area contributed by atoms with E-state index in [-0.39, 0.29) is 5.82 Å². The number of nitrogens with two attached hydrogens (primary N) is 1. The van der Waals surface area contributed by atoms with Crippen LogP contribution in [0.25, 0.3) is 0 Å². The van der Waals surface area contributed by atoms with Gasteiger partial charge in [0.05, 0.1) is 6.20 Å². The maximum Gasteiger partial charge on any atom is 0.329 e. The van der Waals surface area contributed by atoms with Crippen molar-refractivity contribution in [2.24, 2.45) is 0 Å². The van der Waals surface area contributed by atoms with E-state index in [1.165, 1.54) is 6.20 Å². The number of hydrogen-bond acceptors (Lipinski definition) is 4. The molecule has 0 amide bonds. The smallest absolute Gasteiger partial charge is 0.329 e. The summed E-state index contributed by atoms with van der Waals surface area (Å²) in [4.78, 5) is 3.11. The van der Waals surface area contributed by atoms with Gasteiger partial charge in [0, 0.05) is 0 Å². The second kappa shape index (κ2) is 1.69. The van der Waals surface area contributed by atoms with E-state index < -0.39 is 6.08 Å². The fraction of sp³-hybridized carbons (Fsp3) is 0. The lowest BCUT2D eigenvalue weighted by Crippen LogP contribution is -1.96. The van der Waals surface area contributed by atoms with Gasteiger partial charge in [0.25, 0.3) is 0 Å². The highest BCUT2D eigenvalue weighted by atomic mass is 19.1. The molecular formula is C3H3FN4. The molecule has 5 heteroatoms. The van der Waals surface area contributed by atoms with Crippen molar-refractivity contribution in [1.29, 1.82) is 0 Å². The summed E-state index contributed by atoms with van der Waals surface area (Å²) in [5.41, 5.74) is 5.00. The normalized spacial score (nSPS) is 9.12. The maximum atomic E-state index is 11.8. The molecule has 0 aliphatic rings. The zero-order valence-corrected chi connectivity index (χ0v) is 3.87. The van der Waals surface area contributed by atoms with Crippen LogP contribution in [0.5, 0.6) is 0 Å². The van der Waals surface area contributed by atoms with Gasteiger partial charge in [-0.15, -0.1) is 0 Å². The third-order valence-electron chi connectivity index (χ3n) is 0.552. The van der Waals surface area contributed by atoms with Crippen molar-refractivity contribution in [3.05, 3.63) is 12.3 Å². The first-order valence-electron chi connectivity index (χ1n) is 1.90. The number of nitrogens with zero attached hydrogens (tertiary/aromatic N) is 3. The maximum absolute atomic E-state index is 11.8. The van der Waals surface area contributed by atoms with Crippen molar-refractivity contribution >= 4 is 5.82 Å². The third kappa shape index (κ3) is 0.868. The average Bonchev–Trinajstić information content (AvgIpc) is 1.64. The van der Waals surface area contributed by atoms with E-state index >= 15 is 0 Å². The molecule has 0 radical (unpaired) electrons. The monoisotopic (exact) mass is 114 g/mol. The molecule has 0 unspecified atom stereocenters. The lowest BCUT2D eigenvalue weighted by Gasteiger charge is -1.84. The lowest BCUT2D eigenvalue weighted by atomic mass is 10.8. The topological polar surface area (TPSA) is 64.7 Å². The molecule has 8 heavy (non-hydrogen) atoms. The van der Waals surface area contributed by atoms with Crippen molar-refractivity contribution in [2.75, 3.05) is 5.73 Å². The predicted molar refractivity (Wildman–Crippen MR) is 24.2 cm³/mol. The number of halogens is 1. The highest BCUT2D eigenvalue weighted by Gasteiger charge is 1.90. The molecule has 42 valence electrons. The molecule has 1 heterocycles. The van der Waals surface area contributed by atoms with Gasteiger partial charge < -0.3 is 5.73 Å². The molecule has 0 aromatic carbocycles. The Bertz CT molecular complexity index is 171. The first kappa shape index (κ1) is 4.89. The van der Waals surface area contributed by atoms with Crippen molar-refractivity contribution in [1.82, 2.24) is 15.2 Å². The van der Waals surface area contributed by atoms with Gasteiger partial charge in [0.15, 0.2) is 0 Å². The summed E-state index contributed by atoms with van der Waals surface area (Å²) in [5, 5.41) is 6.10. The van der Waals surface area contributed by atoms with Gasteiger partial charge in [-0.05, 0) is 0 Å². The first-order chi connectivity index (χ1) is 3.79. The summed E-state index contributed by atoms with van der Waals surface area (Å²) in [5.74, 6) is 0.0394. The molecule has 2 N–H and O–H groups in total. The summed E-state index contributed by atoms with van der Waals surface area (Å²) in [6.07, 6.45) is 0.272. The van der Waals surface area contributed by atoms with Crippen LogP contribution in [0.4, 0.5) is 10.2 Å². The first-order valence-corrected chi connectivity index (χ1v) is 1.90. The van der Waals surface area contributed by atoms with Crippen molar-refractivity contribution < 1.29 is 4.39 Å². The fourth-order valence-corrected chi connectivity index (χ4v) is 0.293. The van der Waals surface area contributed by atoms with Crippen molar-refractivity contribution in [2.45, 2.75) is 0 Å². The van der Waals surface area contributed by atoms with E-state index in [0.29, 0.717) is 0 Å². The Morgan fingerprint density at radius 3 is 2.75 bits per heavy atom. The number of aromatic nitrogens is 3. The molecular weight excluding hydrogens is 111 g/mol. The molecule has 4 nitrogen and oxygen atoms in total. The number of hydrogen-bond donors (Lipinski definition) is 1. The molecule has 0 saturated carbocycles. The Hall–Kier alpha value is -1.26. The second-order valence-electron chi connectivity index (χ2n) is 1.15. The van der Waals surface area contributed by atoms with Gasteiger partial charge in [-0.25, -0.2) is 0 Å². The lowest BCUT2D eigenvalue weighted by molar-refractivity contribution is 0.520. The summed E-state index contributed by atoms with van der Waals surface area (Å²) in [6, 6.07) is 0. The van der Waals surface area contributed by atoms with E-state index in [0.717, 1.165) is 0 Å². The van der Waals surface area contributed by atoms with E-state index in [1.807, 2.05) is 0 Å². The van der Waals surface area contributed by atoms with Crippen molar-refractivity contribution in [3.8, 4) is 0 Å². The van der Waals surface area contributed by atoms with Gasteiger partial charge >= 0.3 is 6.08 Å². The molecule has 0 bridgehead atoms. The predicted octanol–water partition coefficient (Wildman–Crippen LogP) is -0.407. The third-order valence-corrected chi connectivity index (χ3v) is 0.552. The zero-order chi connectivity index (χ0) is 5.98. The summed E-state index contributed by atoms with van der Waals surface area (Å²) < 4.78 is 11.8. The van der Waals surface area contributed by atoms with Gasteiger partial charge in [-0.3, -0.25) is 0 Å². The number of nitrogen functional groups attached to an aromatic ring is 1.